The van der Waals surface area contributed by atoms with Gasteiger partial charge in [0.05, 0.1) is 5.56 Å². The number of rotatable bonds is 2. The van der Waals surface area contributed by atoms with Crippen molar-refractivity contribution in [2.45, 2.75) is 23.2 Å². The number of alkyl halides is 3. The van der Waals surface area contributed by atoms with Gasteiger partial charge in [-0.3, -0.25) is 0 Å². The molecule has 1 aromatic heterocycles. The predicted molar refractivity (Wildman–Crippen MR) is 59.0 cm³/mol. The molecular formula is C10H8F3N3OS. The summed E-state index contributed by atoms with van der Waals surface area (Å²) in [6.07, 6.45) is -4.48. The minimum atomic E-state index is -4.48. The molecule has 0 saturated heterocycles. The number of aryl methyl sites for hydroxylation is 1. The Labute approximate surface area is 104 Å². The molecule has 0 spiro atoms. The molecule has 1 aromatic carbocycles. The standard InChI is InChI=1S/C10H8F3N3OS/c1-5-15-16-9(17-5)18-6-2-3-8(14)7(4-6)10(11,12)13/h2-4H,14H2,1H3. The zero-order chi connectivity index (χ0) is 13.3. The van der Waals surface area contributed by atoms with Gasteiger partial charge in [-0.2, -0.15) is 13.2 Å². The van der Waals surface area contributed by atoms with E-state index in [0.717, 1.165) is 17.8 Å². The van der Waals surface area contributed by atoms with Crippen LogP contribution in [0.2, 0.25) is 0 Å². The molecule has 18 heavy (non-hydrogen) atoms. The van der Waals surface area contributed by atoms with Crippen molar-refractivity contribution in [3.05, 3.63) is 29.7 Å². The van der Waals surface area contributed by atoms with Gasteiger partial charge < -0.3 is 10.2 Å². The van der Waals surface area contributed by atoms with Gasteiger partial charge in [0.1, 0.15) is 0 Å². The lowest BCUT2D eigenvalue weighted by molar-refractivity contribution is -0.137. The minimum Gasteiger partial charge on any atom is -0.416 e. The van der Waals surface area contributed by atoms with Crippen LogP contribution in [0.15, 0.2) is 32.7 Å². The molecular weight excluding hydrogens is 267 g/mol. The van der Waals surface area contributed by atoms with Crippen LogP contribution in [-0.4, -0.2) is 10.2 Å². The van der Waals surface area contributed by atoms with Gasteiger partial charge in [-0.15, -0.1) is 10.2 Å². The van der Waals surface area contributed by atoms with Crippen LogP contribution in [0.25, 0.3) is 0 Å². The Morgan fingerprint density at radius 2 is 2.00 bits per heavy atom. The van der Waals surface area contributed by atoms with Gasteiger partial charge in [0.15, 0.2) is 0 Å². The summed E-state index contributed by atoms with van der Waals surface area (Å²) in [5.41, 5.74) is 4.11. The quantitative estimate of drug-likeness (QED) is 0.853. The fourth-order valence-electron chi connectivity index (χ4n) is 1.26. The van der Waals surface area contributed by atoms with E-state index in [2.05, 4.69) is 10.2 Å². The highest BCUT2D eigenvalue weighted by atomic mass is 32.2. The van der Waals surface area contributed by atoms with E-state index in [1.807, 2.05) is 0 Å². The van der Waals surface area contributed by atoms with Crippen LogP contribution in [-0.2, 0) is 6.18 Å². The third-order valence-corrected chi connectivity index (χ3v) is 2.87. The first kappa shape index (κ1) is 12.7. The first-order valence-electron chi connectivity index (χ1n) is 4.81. The average Bonchev–Trinajstić information content (AvgIpc) is 2.65. The van der Waals surface area contributed by atoms with Crippen LogP contribution >= 0.6 is 11.8 Å². The number of anilines is 1. The van der Waals surface area contributed by atoms with Crippen molar-refractivity contribution in [1.82, 2.24) is 10.2 Å². The summed E-state index contributed by atoms with van der Waals surface area (Å²) in [5.74, 6) is 0.351. The summed E-state index contributed by atoms with van der Waals surface area (Å²) in [5, 5.41) is 7.46. The third kappa shape index (κ3) is 2.76. The first-order chi connectivity index (χ1) is 8.36. The highest BCUT2D eigenvalue weighted by molar-refractivity contribution is 7.99. The van der Waals surface area contributed by atoms with Crippen molar-refractivity contribution in [1.29, 1.82) is 0 Å². The van der Waals surface area contributed by atoms with Crippen LogP contribution in [0, 0.1) is 6.92 Å². The maximum Gasteiger partial charge on any atom is 0.418 e. The van der Waals surface area contributed by atoms with Crippen molar-refractivity contribution in [2.24, 2.45) is 0 Å². The van der Waals surface area contributed by atoms with Gasteiger partial charge in [0, 0.05) is 17.5 Å². The molecule has 0 atom stereocenters. The van der Waals surface area contributed by atoms with Crippen molar-refractivity contribution in [2.75, 3.05) is 5.73 Å². The van der Waals surface area contributed by atoms with Crippen LogP contribution in [0.5, 0.6) is 0 Å². The topological polar surface area (TPSA) is 64.9 Å². The fourth-order valence-corrected chi connectivity index (χ4v) is 2.02. The summed E-state index contributed by atoms with van der Waals surface area (Å²) < 4.78 is 43.0. The zero-order valence-electron chi connectivity index (χ0n) is 9.15. The molecule has 0 aliphatic carbocycles. The Bertz CT molecular complexity index is 568. The zero-order valence-corrected chi connectivity index (χ0v) is 9.97. The lowest BCUT2D eigenvalue weighted by Gasteiger charge is -2.10. The van der Waals surface area contributed by atoms with E-state index in [-0.39, 0.29) is 10.9 Å². The normalized spacial score (nSPS) is 11.8. The number of aromatic nitrogens is 2. The lowest BCUT2D eigenvalue weighted by atomic mass is 10.2. The molecule has 0 amide bonds. The maximum absolute atomic E-state index is 12.6. The SMILES string of the molecule is Cc1nnc(Sc2ccc(N)c(C(F)(F)F)c2)o1. The van der Waals surface area contributed by atoms with E-state index >= 15 is 0 Å². The molecule has 2 aromatic rings. The molecule has 0 radical (unpaired) electrons. The number of nitrogens with two attached hydrogens (primary N) is 1. The van der Waals surface area contributed by atoms with Gasteiger partial charge in [-0.25, -0.2) is 0 Å². The Hall–Kier alpha value is -1.70. The molecule has 8 heteroatoms. The van der Waals surface area contributed by atoms with E-state index in [9.17, 15) is 13.2 Å². The molecule has 1 heterocycles. The average molecular weight is 275 g/mol. The number of hydrogen-bond donors (Lipinski definition) is 1. The van der Waals surface area contributed by atoms with Gasteiger partial charge in [0.2, 0.25) is 5.89 Å². The Balaban J connectivity index is 2.30. The summed E-state index contributed by atoms with van der Waals surface area (Å²) in [7, 11) is 0. The second-order valence-corrected chi connectivity index (χ2v) is 4.46. The minimum absolute atomic E-state index is 0.186. The number of hydrogen-bond acceptors (Lipinski definition) is 5. The molecule has 0 aliphatic heterocycles. The van der Waals surface area contributed by atoms with E-state index in [1.54, 1.807) is 6.92 Å². The van der Waals surface area contributed by atoms with Gasteiger partial charge >= 0.3 is 6.18 Å². The smallest absolute Gasteiger partial charge is 0.416 e. The highest BCUT2D eigenvalue weighted by Crippen LogP contribution is 2.37. The summed E-state index contributed by atoms with van der Waals surface area (Å²) in [6, 6.07) is 3.63. The van der Waals surface area contributed by atoms with E-state index < -0.39 is 11.7 Å². The Morgan fingerprint density at radius 1 is 1.28 bits per heavy atom. The lowest BCUT2D eigenvalue weighted by Crippen LogP contribution is -2.08. The summed E-state index contributed by atoms with van der Waals surface area (Å²) in [6.45, 7) is 1.60. The molecule has 0 aliphatic rings. The number of nitrogens with zero attached hydrogens (tertiary/aromatic N) is 2. The van der Waals surface area contributed by atoms with Crippen molar-refractivity contribution in [3.63, 3.8) is 0 Å². The number of nitrogen functional groups attached to an aromatic ring is 1. The largest absolute Gasteiger partial charge is 0.418 e. The van der Waals surface area contributed by atoms with Crippen LogP contribution in [0.1, 0.15) is 11.5 Å². The molecule has 0 unspecified atom stereocenters. The third-order valence-electron chi connectivity index (χ3n) is 2.04. The molecule has 4 nitrogen and oxygen atoms in total. The van der Waals surface area contributed by atoms with Crippen molar-refractivity contribution >= 4 is 17.4 Å². The summed E-state index contributed by atoms with van der Waals surface area (Å²) >= 11 is 0.952. The van der Waals surface area contributed by atoms with Crippen LogP contribution in [0.4, 0.5) is 18.9 Å². The molecule has 0 fully saturated rings. The second kappa shape index (κ2) is 4.52. The van der Waals surface area contributed by atoms with Gasteiger partial charge in [-0.05, 0) is 30.0 Å². The monoisotopic (exact) mass is 275 g/mol. The fraction of sp³-hybridized carbons (Fsp3) is 0.200. The van der Waals surface area contributed by atoms with E-state index in [0.29, 0.717) is 10.8 Å². The van der Waals surface area contributed by atoms with Gasteiger partial charge in [0.25, 0.3) is 5.22 Å². The Kier molecular flexibility index (Phi) is 3.20. The second-order valence-electron chi connectivity index (χ2n) is 3.44. The van der Waals surface area contributed by atoms with E-state index in [4.69, 9.17) is 10.2 Å². The van der Waals surface area contributed by atoms with Gasteiger partial charge in [-0.1, -0.05) is 0 Å². The van der Waals surface area contributed by atoms with Crippen molar-refractivity contribution < 1.29 is 17.6 Å². The molecule has 0 bridgehead atoms. The molecule has 2 N–H and O–H groups in total. The van der Waals surface area contributed by atoms with Crippen LogP contribution in [0.3, 0.4) is 0 Å². The van der Waals surface area contributed by atoms with E-state index in [1.165, 1.54) is 12.1 Å². The summed E-state index contributed by atoms with van der Waals surface area (Å²) in [4.78, 5) is 0.333. The Morgan fingerprint density at radius 3 is 2.56 bits per heavy atom. The predicted octanol–water partition coefficient (Wildman–Crippen LogP) is 3.13. The first-order valence-corrected chi connectivity index (χ1v) is 5.62. The molecule has 0 saturated carbocycles. The maximum atomic E-state index is 12.6. The molecule has 96 valence electrons. The van der Waals surface area contributed by atoms with Crippen molar-refractivity contribution in [3.8, 4) is 0 Å². The highest BCUT2D eigenvalue weighted by Gasteiger charge is 2.33. The number of benzene rings is 1. The molecule has 2 rings (SSSR count). The van der Waals surface area contributed by atoms with Crippen LogP contribution < -0.4 is 5.73 Å². The number of halogens is 3.